The maximum atomic E-state index is 11.9. The van der Waals surface area contributed by atoms with Crippen LogP contribution in [0.1, 0.15) is 25.7 Å². The molecule has 1 amide bonds. The SMILES string of the molecule is O=C(CNCC1CC2CCC1C2)NCC(F)(F)F. The maximum Gasteiger partial charge on any atom is 0.405 e. The van der Waals surface area contributed by atoms with Crippen LogP contribution in [-0.2, 0) is 4.79 Å². The first-order valence-corrected chi connectivity index (χ1v) is 6.48. The Bertz CT molecular complexity index is 306. The number of rotatable bonds is 5. The van der Waals surface area contributed by atoms with E-state index in [9.17, 15) is 18.0 Å². The standard InChI is InChI=1S/C12H19F3N2O/c13-12(14,15)7-17-11(18)6-16-5-10-4-8-1-2-9(10)3-8/h8-10,16H,1-7H2,(H,17,18). The van der Waals surface area contributed by atoms with Gasteiger partial charge in [-0.3, -0.25) is 4.79 Å². The summed E-state index contributed by atoms with van der Waals surface area (Å²) in [6.45, 7) is -0.522. The van der Waals surface area contributed by atoms with Gasteiger partial charge in [0.2, 0.25) is 5.91 Å². The van der Waals surface area contributed by atoms with Crippen molar-refractivity contribution < 1.29 is 18.0 Å². The molecule has 2 bridgehead atoms. The molecule has 2 rings (SSSR count). The van der Waals surface area contributed by atoms with Crippen LogP contribution in [0.2, 0.25) is 0 Å². The summed E-state index contributed by atoms with van der Waals surface area (Å²) in [4.78, 5) is 11.1. The summed E-state index contributed by atoms with van der Waals surface area (Å²) < 4.78 is 35.6. The van der Waals surface area contributed by atoms with E-state index in [1.54, 1.807) is 0 Å². The Morgan fingerprint density at radius 2 is 2.00 bits per heavy atom. The van der Waals surface area contributed by atoms with Crippen molar-refractivity contribution in [2.75, 3.05) is 19.6 Å². The molecule has 0 saturated heterocycles. The highest BCUT2D eigenvalue weighted by Crippen LogP contribution is 2.47. The first kappa shape index (κ1) is 13.6. The molecule has 104 valence electrons. The zero-order valence-electron chi connectivity index (χ0n) is 10.2. The molecule has 0 heterocycles. The van der Waals surface area contributed by atoms with Gasteiger partial charge in [-0.25, -0.2) is 0 Å². The Labute approximate surface area is 104 Å². The fraction of sp³-hybridized carbons (Fsp3) is 0.917. The second kappa shape index (κ2) is 5.47. The molecule has 2 aliphatic carbocycles. The van der Waals surface area contributed by atoms with E-state index in [0.717, 1.165) is 18.4 Å². The van der Waals surface area contributed by atoms with E-state index < -0.39 is 18.6 Å². The number of hydrogen-bond acceptors (Lipinski definition) is 2. The minimum atomic E-state index is -4.33. The third-order valence-corrected chi connectivity index (χ3v) is 4.06. The third kappa shape index (κ3) is 3.86. The van der Waals surface area contributed by atoms with Gasteiger partial charge in [0.25, 0.3) is 0 Å². The maximum absolute atomic E-state index is 11.9. The van der Waals surface area contributed by atoms with Crippen LogP contribution in [-0.4, -0.2) is 31.7 Å². The average molecular weight is 264 g/mol. The lowest BCUT2D eigenvalue weighted by Gasteiger charge is -2.21. The van der Waals surface area contributed by atoms with E-state index in [-0.39, 0.29) is 6.54 Å². The molecular formula is C12H19F3N2O. The molecule has 2 fully saturated rings. The highest BCUT2D eigenvalue weighted by Gasteiger charge is 2.38. The number of halogens is 3. The average Bonchev–Trinajstić information content (AvgIpc) is 2.87. The van der Waals surface area contributed by atoms with E-state index in [0.29, 0.717) is 5.92 Å². The number of nitrogens with one attached hydrogen (secondary N) is 2. The van der Waals surface area contributed by atoms with Gasteiger partial charge < -0.3 is 10.6 Å². The third-order valence-electron chi connectivity index (χ3n) is 4.06. The molecule has 0 aromatic rings. The molecule has 6 heteroatoms. The van der Waals surface area contributed by atoms with Crippen molar-refractivity contribution in [1.29, 1.82) is 0 Å². The fourth-order valence-corrected chi connectivity index (χ4v) is 3.26. The first-order valence-electron chi connectivity index (χ1n) is 6.48. The van der Waals surface area contributed by atoms with E-state index in [2.05, 4.69) is 5.32 Å². The van der Waals surface area contributed by atoms with Gasteiger partial charge >= 0.3 is 6.18 Å². The first-order chi connectivity index (χ1) is 8.44. The Hall–Kier alpha value is -0.780. The van der Waals surface area contributed by atoms with Gasteiger partial charge in [0.05, 0.1) is 6.54 Å². The number of alkyl halides is 3. The van der Waals surface area contributed by atoms with Crippen LogP contribution in [0, 0.1) is 17.8 Å². The van der Waals surface area contributed by atoms with Gasteiger partial charge in [-0.2, -0.15) is 13.2 Å². The van der Waals surface area contributed by atoms with Gasteiger partial charge in [0.1, 0.15) is 6.54 Å². The van der Waals surface area contributed by atoms with Crippen LogP contribution >= 0.6 is 0 Å². The summed E-state index contributed by atoms with van der Waals surface area (Å²) in [6, 6.07) is 0. The highest BCUT2D eigenvalue weighted by molar-refractivity contribution is 5.77. The van der Waals surface area contributed by atoms with E-state index in [1.165, 1.54) is 25.7 Å². The van der Waals surface area contributed by atoms with Gasteiger partial charge in [0, 0.05) is 0 Å². The molecule has 0 spiro atoms. The molecule has 3 atom stereocenters. The summed E-state index contributed by atoms with van der Waals surface area (Å²) in [6.07, 6.45) is 0.777. The van der Waals surface area contributed by atoms with Crippen LogP contribution in [0.15, 0.2) is 0 Å². The molecule has 0 aromatic carbocycles. The van der Waals surface area contributed by atoms with E-state index >= 15 is 0 Å². The Morgan fingerprint density at radius 3 is 2.56 bits per heavy atom. The molecule has 2 saturated carbocycles. The Balaban J connectivity index is 1.57. The quantitative estimate of drug-likeness (QED) is 0.793. The lowest BCUT2D eigenvalue weighted by molar-refractivity contribution is -0.137. The van der Waals surface area contributed by atoms with Crippen LogP contribution < -0.4 is 10.6 Å². The molecule has 18 heavy (non-hydrogen) atoms. The molecule has 2 aliphatic rings. The van der Waals surface area contributed by atoms with Gasteiger partial charge in [-0.15, -0.1) is 0 Å². The molecular weight excluding hydrogens is 245 g/mol. The molecule has 3 nitrogen and oxygen atoms in total. The topological polar surface area (TPSA) is 41.1 Å². The summed E-state index contributed by atoms with van der Waals surface area (Å²) in [7, 11) is 0. The zero-order chi connectivity index (χ0) is 13.2. The minimum absolute atomic E-state index is 0.0238. The molecule has 0 radical (unpaired) electrons. The van der Waals surface area contributed by atoms with Gasteiger partial charge in [-0.05, 0) is 43.6 Å². The normalized spacial score (nSPS) is 30.7. The number of hydrogen-bond donors (Lipinski definition) is 2. The van der Waals surface area contributed by atoms with Crippen molar-refractivity contribution >= 4 is 5.91 Å². The largest absolute Gasteiger partial charge is 0.405 e. The second-order valence-corrected chi connectivity index (χ2v) is 5.46. The van der Waals surface area contributed by atoms with Crippen molar-refractivity contribution in [3.63, 3.8) is 0 Å². The molecule has 0 aliphatic heterocycles. The number of carbonyl (C=O) groups is 1. The van der Waals surface area contributed by atoms with Crippen molar-refractivity contribution in [2.45, 2.75) is 31.9 Å². The Morgan fingerprint density at radius 1 is 1.22 bits per heavy atom. The summed E-state index contributed by atoms with van der Waals surface area (Å²) >= 11 is 0. The van der Waals surface area contributed by atoms with Crippen molar-refractivity contribution in [2.24, 2.45) is 17.8 Å². The zero-order valence-corrected chi connectivity index (χ0v) is 10.2. The predicted octanol–water partition coefficient (Wildman–Crippen LogP) is 1.69. The monoisotopic (exact) mass is 264 g/mol. The number of amides is 1. The Kier molecular flexibility index (Phi) is 4.14. The van der Waals surface area contributed by atoms with Crippen LogP contribution in [0.5, 0.6) is 0 Å². The van der Waals surface area contributed by atoms with Crippen LogP contribution in [0.4, 0.5) is 13.2 Å². The summed E-state index contributed by atoms with van der Waals surface area (Å²) in [5.41, 5.74) is 0. The molecule has 2 N–H and O–H groups in total. The van der Waals surface area contributed by atoms with Crippen molar-refractivity contribution in [3.05, 3.63) is 0 Å². The molecule has 3 unspecified atom stereocenters. The van der Waals surface area contributed by atoms with Crippen molar-refractivity contribution in [3.8, 4) is 0 Å². The summed E-state index contributed by atoms with van der Waals surface area (Å²) in [5.74, 6) is 1.64. The second-order valence-electron chi connectivity index (χ2n) is 5.46. The highest BCUT2D eigenvalue weighted by atomic mass is 19.4. The van der Waals surface area contributed by atoms with Gasteiger partial charge in [-0.1, -0.05) is 6.42 Å². The fourth-order valence-electron chi connectivity index (χ4n) is 3.26. The van der Waals surface area contributed by atoms with E-state index in [1.807, 2.05) is 5.32 Å². The molecule has 0 aromatic heterocycles. The number of carbonyl (C=O) groups excluding carboxylic acids is 1. The lowest BCUT2D eigenvalue weighted by Crippen LogP contribution is -2.40. The minimum Gasteiger partial charge on any atom is -0.346 e. The van der Waals surface area contributed by atoms with Gasteiger partial charge in [0.15, 0.2) is 0 Å². The van der Waals surface area contributed by atoms with Crippen molar-refractivity contribution in [1.82, 2.24) is 10.6 Å². The van der Waals surface area contributed by atoms with Crippen LogP contribution in [0.3, 0.4) is 0 Å². The van der Waals surface area contributed by atoms with E-state index in [4.69, 9.17) is 0 Å². The summed E-state index contributed by atoms with van der Waals surface area (Å²) in [5, 5.41) is 4.82. The predicted molar refractivity (Wildman–Crippen MR) is 60.9 cm³/mol. The smallest absolute Gasteiger partial charge is 0.346 e. The van der Waals surface area contributed by atoms with Crippen LogP contribution in [0.25, 0.3) is 0 Å². The lowest BCUT2D eigenvalue weighted by atomic mass is 9.89. The number of fused-ring (bicyclic) bond motifs is 2.